The van der Waals surface area contributed by atoms with Gasteiger partial charge in [-0.25, -0.2) is 0 Å². The number of aromatic hydroxyl groups is 2. The number of rotatable bonds is 3. The highest BCUT2D eigenvalue weighted by Crippen LogP contribution is 2.29. The van der Waals surface area contributed by atoms with Crippen molar-refractivity contribution in [2.24, 2.45) is 0 Å². The van der Waals surface area contributed by atoms with Gasteiger partial charge in [-0.2, -0.15) is 0 Å². The Labute approximate surface area is 122 Å². The standard InChI is InChI=1S/C14H10F3NO4/c15-14(16,17)22-9-4-1-3-8(7-9)18-13(21)10-5-2-6-11(19)12(10)20/h1-7,19-20H,(H,18,21). The van der Waals surface area contributed by atoms with Crippen LogP contribution in [0.4, 0.5) is 18.9 Å². The maximum Gasteiger partial charge on any atom is 0.573 e. The summed E-state index contributed by atoms with van der Waals surface area (Å²) in [6.45, 7) is 0. The molecule has 22 heavy (non-hydrogen) atoms. The Kier molecular flexibility index (Phi) is 4.11. The van der Waals surface area contributed by atoms with Gasteiger partial charge in [-0.05, 0) is 24.3 Å². The van der Waals surface area contributed by atoms with Crippen LogP contribution in [0.25, 0.3) is 0 Å². The molecule has 0 atom stereocenters. The lowest BCUT2D eigenvalue weighted by atomic mass is 10.1. The Morgan fingerprint density at radius 1 is 1.09 bits per heavy atom. The van der Waals surface area contributed by atoms with Crippen LogP contribution in [-0.4, -0.2) is 22.5 Å². The van der Waals surface area contributed by atoms with E-state index in [9.17, 15) is 28.2 Å². The van der Waals surface area contributed by atoms with Gasteiger partial charge in [0.05, 0.1) is 5.56 Å². The molecule has 0 unspecified atom stereocenters. The minimum Gasteiger partial charge on any atom is -0.504 e. The van der Waals surface area contributed by atoms with Crippen molar-refractivity contribution in [1.82, 2.24) is 0 Å². The number of amides is 1. The fourth-order valence-electron chi connectivity index (χ4n) is 1.68. The van der Waals surface area contributed by atoms with Gasteiger partial charge in [0.2, 0.25) is 0 Å². The highest BCUT2D eigenvalue weighted by atomic mass is 19.4. The van der Waals surface area contributed by atoms with Gasteiger partial charge >= 0.3 is 6.36 Å². The lowest BCUT2D eigenvalue weighted by molar-refractivity contribution is -0.274. The largest absolute Gasteiger partial charge is 0.573 e. The average Bonchev–Trinajstić information content (AvgIpc) is 2.40. The molecule has 0 heterocycles. The summed E-state index contributed by atoms with van der Waals surface area (Å²) < 4.78 is 40.1. The van der Waals surface area contributed by atoms with Crippen LogP contribution in [0.15, 0.2) is 42.5 Å². The van der Waals surface area contributed by atoms with Crippen LogP contribution in [0.1, 0.15) is 10.4 Å². The van der Waals surface area contributed by atoms with E-state index < -0.39 is 29.5 Å². The van der Waals surface area contributed by atoms with Crippen molar-refractivity contribution in [3.8, 4) is 17.2 Å². The van der Waals surface area contributed by atoms with Crippen LogP contribution in [0.5, 0.6) is 17.2 Å². The van der Waals surface area contributed by atoms with Gasteiger partial charge in [0, 0.05) is 11.8 Å². The number of carbonyl (C=O) groups is 1. The van der Waals surface area contributed by atoms with Gasteiger partial charge in [-0.1, -0.05) is 12.1 Å². The Balaban J connectivity index is 2.18. The number of phenolic OH excluding ortho intramolecular Hbond substituents is 2. The zero-order valence-corrected chi connectivity index (χ0v) is 10.9. The molecular formula is C14H10F3NO4. The molecule has 2 rings (SSSR count). The first-order valence-electron chi connectivity index (χ1n) is 5.94. The summed E-state index contributed by atoms with van der Waals surface area (Å²) in [6, 6.07) is 8.44. The topological polar surface area (TPSA) is 78.8 Å². The predicted octanol–water partition coefficient (Wildman–Crippen LogP) is 3.25. The van der Waals surface area contributed by atoms with Crippen molar-refractivity contribution < 1.29 is 32.9 Å². The van der Waals surface area contributed by atoms with Gasteiger partial charge in [0.15, 0.2) is 11.5 Å². The van der Waals surface area contributed by atoms with E-state index in [0.717, 1.165) is 12.1 Å². The summed E-state index contributed by atoms with van der Waals surface area (Å²) >= 11 is 0. The van der Waals surface area contributed by atoms with E-state index in [2.05, 4.69) is 10.1 Å². The molecule has 3 N–H and O–H groups in total. The van der Waals surface area contributed by atoms with E-state index in [1.807, 2.05) is 0 Å². The molecule has 0 bridgehead atoms. The smallest absolute Gasteiger partial charge is 0.504 e. The number of ether oxygens (including phenoxy) is 1. The summed E-state index contributed by atoms with van der Waals surface area (Å²) in [5, 5.41) is 21.2. The minimum absolute atomic E-state index is 0.0366. The molecular weight excluding hydrogens is 303 g/mol. The van der Waals surface area contributed by atoms with Gasteiger partial charge in [-0.15, -0.1) is 13.2 Å². The first-order chi connectivity index (χ1) is 10.3. The summed E-state index contributed by atoms with van der Waals surface area (Å²) in [7, 11) is 0. The molecule has 8 heteroatoms. The normalized spacial score (nSPS) is 11.0. The number of benzene rings is 2. The van der Waals surface area contributed by atoms with E-state index in [-0.39, 0.29) is 11.3 Å². The van der Waals surface area contributed by atoms with E-state index in [1.165, 1.54) is 30.3 Å². The van der Waals surface area contributed by atoms with Gasteiger partial charge in [-0.3, -0.25) is 4.79 Å². The lowest BCUT2D eigenvalue weighted by Crippen LogP contribution is -2.17. The molecule has 0 saturated carbocycles. The van der Waals surface area contributed by atoms with Crippen molar-refractivity contribution in [3.05, 3.63) is 48.0 Å². The van der Waals surface area contributed by atoms with E-state index in [4.69, 9.17) is 0 Å². The molecule has 0 aromatic heterocycles. The molecule has 0 fully saturated rings. The van der Waals surface area contributed by atoms with Gasteiger partial charge < -0.3 is 20.3 Å². The van der Waals surface area contributed by atoms with E-state index in [1.54, 1.807) is 0 Å². The first kappa shape index (κ1) is 15.5. The zero-order valence-electron chi connectivity index (χ0n) is 10.9. The van der Waals surface area contributed by atoms with Gasteiger partial charge in [0.25, 0.3) is 5.91 Å². The maximum atomic E-state index is 12.1. The summed E-state index contributed by atoms with van der Waals surface area (Å²) in [5.74, 6) is -2.40. The molecule has 116 valence electrons. The number of hydrogen-bond acceptors (Lipinski definition) is 4. The van der Waals surface area contributed by atoms with Crippen molar-refractivity contribution >= 4 is 11.6 Å². The number of anilines is 1. The Bertz CT molecular complexity index is 701. The lowest BCUT2D eigenvalue weighted by Gasteiger charge is -2.11. The average molecular weight is 313 g/mol. The van der Waals surface area contributed by atoms with Gasteiger partial charge in [0.1, 0.15) is 5.75 Å². The third kappa shape index (κ3) is 3.81. The molecule has 2 aromatic rings. The highest BCUT2D eigenvalue weighted by molar-refractivity contribution is 6.06. The predicted molar refractivity (Wildman–Crippen MR) is 70.8 cm³/mol. The fourth-order valence-corrected chi connectivity index (χ4v) is 1.68. The maximum absolute atomic E-state index is 12.1. The molecule has 0 aliphatic heterocycles. The highest BCUT2D eigenvalue weighted by Gasteiger charge is 2.31. The second-order valence-electron chi connectivity index (χ2n) is 4.20. The van der Waals surface area contributed by atoms with Crippen LogP contribution in [0.3, 0.4) is 0 Å². The number of alkyl halides is 3. The monoisotopic (exact) mass is 313 g/mol. The molecule has 0 aliphatic rings. The Morgan fingerprint density at radius 3 is 2.45 bits per heavy atom. The molecule has 5 nitrogen and oxygen atoms in total. The molecule has 0 radical (unpaired) electrons. The van der Waals surface area contributed by atoms with E-state index >= 15 is 0 Å². The number of para-hydroxylation sites is 1. The third-order valence-electron chi connectivity index (χ3n) is 2.58. The quantitative estimate of drug-likeness (QED) is 0.760. The van der Waals surface area contributed by atoms with E-state index in [0.29, 0.717) is 0 Å². The van der Waals surface area contributed by atoms with Crippen molar-refractivity contribution in [1.29, 1.82) is 0 Å². The summed E-state index contributed by atoms with van der Waals surface area (Å²) in [6.07, 6.45) is -4.84. The molecule has 0 aliphatic carbocycles. The van der Waals surface area contributed by atoms with Crippen LogP contribution in [-0.2, 0) is 0 Å². The van der Waals surface area contributed by atoms with Crippen LogP contribution >= 0.6 is 0 Å². The van der Waals surface area contributed by atoms with Crippen LogP contribution in [0.2, 0.25) is 0 Å². The number of phenols is 2. The second-order valence-corrected chi connectivity index (χ2v) is 4.20. The number of hydrogen-bond donors (Lipinski definition) is 3. The summed E-state index contributed by atoms with van der Waals surface area (Å²) in [4.78, 5) is 11.9. The number of halogens is 3. The second kappa shape index (κ2) is 5.84. The van der Waals surface area contributed by atoms with Crippen molar-refractivity contribution in [2.45, 2.75) is 6.36 Å². The Morgan fingerprint density at radius 2 is 1.77 bits per heavy atom. The SMILES string of the molecule is O=C(Nc1cccc(OC(F)(F)F)c1)c1cccc(O)c1O. The minimum atomic E-state index is -4.84. The first-order valence-corrected chi connectivity index (χ1v) is 5.94. The zero-order chi connectivity index (χ0) is 16.3. The Hall–Kier alpha value is -2.90. The number of nitrogens with one attached hydrogen (secondary N) is 1. The fraction of sp³-hybridized carbons (Fsp3) is 0.0714. The van der Waals surface area contributed by atoms with Crippen molar-refractivity contribution in [3.63, 3.8) is 0 Å². The van der Waals surface area contributed by atoms with Crippen molar-refractivity contribution in [2.75, 3.05) is 5.32 Å². The number of carbonyl (C=O) groups excluding carboxylic acids is 1. The molecule has 2 aromatic carbocycles. The third-order valence-corrected chi connectivity index (χ3v) is 2.58. The molecule has 0 saturated heterocycles. The molecule has 0 spiro atoms. The van der Waals surface area contributed by atoms with Crippen LogP contribution < -0.4 is 10.1 Å². The summed E-state index contributed by atoms with van der Waals surface area (Å²) in [5.41, 5.74) is -0.184. The van der Waals surface area contributed by atoms with Crippen LogP contribution in [0, 0.1) is 0 Å². The molecule has 1 amide bonds.